The molecule has 1 aromatic heterocycles. The first-order chi connectivity index (χ1) is 9.17. The van der Waals surface area contributed by atoms with Crippen molar-refractivity contribution >= 4 is 0 Å². The van der Waals surface area contributed by atoms with E-state index in [2.05, 4.69) is 29.2 Å². The van der Waals surface area contributed by atoms with Gasteiger partial charge in [0.05, 0.1) is 0 Å². The summed E-state index contributed by atoms with van der Waals surface area (Å²) in [5.74, 6) is 1.56. The summed E-state index contributed by atoms with van der Waals surface area (Å²) in [5.41, 5.74) is 7.48. The van der Waals surface area contributed by atoms with Crippen molar-refractivity contribution in [2.75, 3.05) is 0 Å². The molecule has 1 heterocycles. The average Bonchev–Trinajstić information content (AvgIpc) is 3.02. The highest BCUT2D eigenvalue weighted by Crippen LogP contribution is 2.45. The Labute approximate surface area is 113 Å². The van der Waals surface area contributed by atoms with Crippen LogP contribution >= 0.6 is 0 Å². The molecule has 1 aliphatic carbocycles. The summed E-state index contributed by atoms with van der Waals surface area (Å²) in [7, 11) is 0. The summed E-state index contributed by atoms with van der Waals surface area (Å²) in [6.45, 7) is 2.18. The Bertz CT molecular complexity index is 546. The smallest absolute Gasteiger partial charge is 0.226 e. The van der Waals surface area contributed by atoms with Crippen molar-refractivity contribution in [3.8, 4) is 0 Å². The molecular formula is C15H19N3O. The van der Waals surface area contributed by atoms with Crippen LogP contribution in [0.3, 0.4) is 0 Å². The van der Waals surface area contributed by atoms with Gasteiger partial charge in [0.1, 0.15) is 0 Å². The zero-order valence-electron chi connectivity index (χ0n) is 11.2. The molecule has 2 aromatic rings. The number of aryl methyl sites for hydroxylation is 1. The molecule has 1 fully saturated rings. The summed E-state index contributed by atoms with van der Waals surface area (Å²) >= 11 is 0. The zero-order valence-corrected chi connectivity index (χ0v) is 11.2. The van der Waals surface area contributed by atoms with Crippen LogP contribution in [0.2, 0.25) is 0 Å². The van der Waals surface area contributed by atoms with Gasteiger partial charge in [-0.25, -0.2) is 0 Å². The molecule has 0 radical (unpaired) electrons. The van der Waals surface area contributed by atoms with Crippen LogP contribution in [0.1, 0.15) is 49.5 Å². The van der Waals surface area contributed by atoms with E-state index in [1.807, 2.05) is 18.2 Å². The van der Waals surface area contributed by atoms with E-state index in [0.717, 1.165) is 37.1 Å². The minimum absolute atomic E-state index is 0.0214. The Morgan fingerprint density at radius 2 is 2.05 bits per heavy atom. The van der Waals surface area contributed by atoms with E-state index in [1.165, 1.54) is 0 Å². The van der Waals surface area contributed by atoms with E-state index < -0.39 is 0 Å². The maximum absolute atomic E-state index is 6.16. The third-order valence-corrected chi connectivity index (χ3v) is 3.90. The van der Waals surface area contributed by atoms with Gasteiger partial charge in [0.2, 0.25) is 5.89 Å². The number of aromatic nitrogens is 2. The van der Waals surface area contributed by atoms with Crippen LogP contribution in [-0.4, -0.2) is 10.1 Å². The summed E-state index contributed by atoms with van der Waals surface area (Å²) in [4.78, 5) is 4.48. The Hall–Kier alpha value is -1.68. The third kappa shape index (κ3) is 2.68. The Morgan fingerprint density at radius 3 is 2.74 bits per heavy atom. The fourth-order valence-electron chi connectivity index (χ4n) is 2.16. The molecule has 1 saturated carbocycles. The van der Waals surface area contributed by atoms with Crippen molar-refractivity contribution in [2.45, 2.75) is 44.1 Å². The van der Waals surface area contributed by atoms with Gasteiger partial charge in [0.25, 0.3) is 0 Å². The topological polar surface area (TPSA) is 64.9 Å². The van der Waals surface area contributed by atoms with Gasteiger partial charge in [-0.05, 0) is 24.8 Å². The Morgan fingerprint density at radius 1 is 1.32 bits per heavy atom. The third-order valence-electron chi connectivity index (χ3n) is 3.90. The van der Waals surface area contributed by atoms with Crippen LogP contribution in [0.5, 0.6) is 0 Å². The number of hydrogen-bond acceptors (Lipinski definition) is 4. The quantitative estimate of drug-likeness (QED) is 0.894. The minimum Gasteiger partial charge on any atom is -0.339 e. The van der Waals surface area contributed by atoms with E-state index in [1.54, 1.807) is 0 Å². The predicted octanol–water partition coefficient (Wildman–Crippen LogP) is 2.75. The Kier molecular flexibility index (Phi) is 3.11. The lowest BCUT2D eigenvalue weighted by Gasteiger charge is -2.09. The molecule has 1 unspecified atom stereocenters. The van der Waals surface area contributed by atoms with E-state index in [9.17, 15) is 0 Å². The number of nitrogens with zero attached hydrogens (tertiary/aromatic N) is 2. The molecule has 19 heavy (non-hydrogen) atoms. The van der Waals surface area contributed by atoms with Gasteiger partial charge < -0.3 is 10.3 Å². The van der Waals surface area contributed by atoms with E-state index >= 15 is 0 Å². The molecule has 0 aliphatic heterocycles. The lowest BCUT2D eigenvalue weighted by Crippen LogP contribution is -2.11. The SMILES string of the molecule is CC1(c2noc(CCC(N)c3ccccc3)n2)CC1. The molecule has 0 spiro atoms. The number of hydrogen-bond donors (Lipinski definition) is 1. The van der Waals surface area contributed by atoms with E-state index in [0.29, 0.717) is 5.89 Å². The van der Waals surface area contributed by atoms with Gasteiger partial charge in [0.15, 0.2) is 5.82 Å². The second-order valence-corrected chi connectivity index (χ2v) is 5.63. The normalized spacial score (nSPS) is 18.2. The molecule has 2 N–H and O–H groups in total. The van der Waals surface area contributed by atoms with E-state index in [-0.39, 0.29) is 11.5 Å². The van der Waals surface area contributed by atoms with Crippen molar-refractivity contribution in [2.24, 2.45) is 5.73 Å². The standard InChI is InChI=1S/C15H19N3O/c1-15(9-10-15)14-17-13(19-18-14)8-7-12(16)11-5-3-2-4-6-11/h2-6,12H,7-10,16H2,1H3. The van der Waals surface area contributed by atoms with Crippen LogP contribution < -0.4 is 5.73 Å². The molecular weight excluding hydrogens is 238 g/mol. The van der Waals surface area contributed by atoms with E-state index in [4.69, 9.17) is 10.3 Å². The molecule has 0 bridgehead atoms. The summed E-state index contributed by atoms with van der Waals surface area (Å²) in [6, 6.07) is 10.1. The highest BCUT2D eigenvalue weighted by atomic mass is 16.5. The highest BCUT2D eigenvalue weighted by Gasteiger charge is 2.43. The summed E-state index contributed by atoms with van der Waals surface area (Å²) in [5, 5.41) is 4.07. The van der Waals surface area contributed by atoms with Crippen molar-refractivity contribution in [3.63, 3.8) is 0 Å². The van der Waals surface area contributed by atoms with Crippen molar-refractivity contribution in [1.29, 1.82) is 0 Å². The van der Waals surface area contributed by atoms with Crippen LogP contribution in [-0.2, 0) is 11.8 Å². The second kappa shape index (κ2) is 4.78. The fraction of sp³-hybridized carbons (Fsp3) is 0.467. The number of rotatable bonds is 5. The van der Waals surface area contributed by atoms with Crippen molar-refractivity contribution in [1.82, 2.24) is 10.1 Å². The van der Waals surface area contributed by atoms with Gasteiger partial charge in [-0.3, -0.25) is 0 Å². The number of benzene rings is 1. The molecule has 1 aliphatic rings. The second-order valence-electron chi connectivity index (χ2n) is 5.63. The van der Waals surface area contributed by atoms with Crippen LogP contribution in [0.4, 0.5) is 0 Å². The molecule has 0 saturated heterocycles. The predicted molar refractivity (Wildman–Crippen MR) is 72.6 cm³/mol. The first-order valence-corrected chi connectivity index (χ1v) is 6.81. The van der Waals surface area contributed by atoms with Gasteiger partial charge in [-0.2, -0.15) is 4.98 Å². The van der Waals surface area contributed by atoms with Gasteiger partial charge in [0, 0.05) is 17.9 Å². The monoisotopic (exact) mass is 257 g/mol. The maximum Gasteiger partial charge on any atom is 0.226 e. The van der Waals surface area contributed by atoms with Crippen molar-refractivity contribution < 1.29 is 4.52 Å². The molecule has 3 rings (SSSR count). The minimum atomic E-state index is 0.0214. The molecule has 4 heteroatoms. The van der Waals surface area contributed by atoms with Gasteiger partial charge in [-0.15, -0.1) is 0 Å². The highest BCUT2D eigenvalue weighted by molar-refractivity contribution is 5.18. The van der Waals surface area contributed by atoms with Crippen molar-refractivity contribution in [3.05, 3.63) is 47.6 Å². The van der Waals surface area contributed by atoms with Gasteiger partial charge >= 0.3 is 0 Å². The molecule has 0 amide bonds. The molecule has 1 aromatic carbocycles. The Balaban J connectivity index is 1.59. The zero-order chi connectivity index (χ0) is 13.3. The largest absolute Gasteiger partial charge is 0.339 e. The molecule has 4 nitrogen and oxygen atoms in total. The van der Waals surface area contributed by atoms with Crippen LogP contribution in [0.25, 0.3) is 0 Å². The number of nitrogens with two attached hydrogens (primary N) is 1. The average molecular weight is 257 g/mol. The first kappa shape index (κ1) is 12.4. The van der Waals surface area contributed by atoms with Crippen LogP contribution in [0.15, 0.2) is 34.9 Å². The fourth-order valence-corrected chi connectivity index (χ4v) is 2.16. The maximum atomic E-state index is 6.16. The molecule has 100 valence electrons. The lowest BCUT2D eigenvalue weighted by atomic mass is 10.0. The molecule has 1 atom stereocenters. The summed E-state index contributed by atoms with van der Waals surface area (Å²) in [6.07, 6.45) is 3.88. The summed E-state index contributed by atoms with van der Waals surface area (Å²) < 4.78 is 5.30. The lowest BCUT2D eigenvalue weighted by molar-refractivity contribution is 0.363. The van der Waals surface area contributed by atoms with Gasteiger partial charge in [-0.1, -0.05) is 42.4 Å². The van der Waals surface area contributed by atoms with Crippen LogP contribution in [0, 0.1) is 0 Å². The first-order valence-electron chi connectivity index (χ1n) is 6.81.